The van der Waals surface area contributed by atoms with Crippen molar-refractivity contribution in [3.63, 3.8) is 0 Å². The fraction of sp³-hybridized carbons (Fsp3) is 0.136. The SMILES string of the molecule is Cc1ccc([C@H]2CC(c3cccc([N+](=O)[O-])c3)=Nc3ccccc3S2)cc1. The summed E-state index contributed by atoms with van der Waals surface area (Å²) >= 11 is 1.80. The standard InChI is InChI=1S/C22H18N2O2S/c1-15-9-11-16(12-10-15)22-14-20(17-5-4-6-18(13-17)24(25)26)23-19-7-2-3-8-21(19)27-22/h2-13,22H,14H2,1H3/t22-/m1/s1. The Balaban J connectivity index is 1.80. The average Bonchev–Trinajstić information content (AvgIpc) is 2.88. The molecule has 4 nitrogen and oxygen atoms in total. The molecular formula is C22H18N2O2S. The fourth-order valence-electron chi connectivity index (χ4n) is 3.16. The Kier molecular flexibility index (Phi) is 4.77. The molecule has 0 aliphatic carbocycles. The Bertz CT molecular complexity index is 1030. The van der Waals surface area contributed by atoms with Crippen LogP contribution in [-0.4, -0.2) is 10.6 Å². The van der Waals surface area contributed by atoms with E-state index < -0.39 is 0 Å². The molecule has 0 radical (unpaired) electrons. The molecule has 0 aromatic heterocycles. The van der Waals surface area contributed by atoms with Gasteiger partial charge in [0.2, 0.25) is 0 Å². The molecule has 0 fully saturated rings. The third kappa shape index (κ3) is 3.78. The van der Waals surface area contributed by atoms with Gasteiger partial charge in [-0.2, -0.15) is 0 Å². The lowest BCUT2D eigenvalue weighted by Crippen LogP contribution is -2.06. The zero-order chi connectivity index (χ0) is 18.8. The summed E-state index contributed by atoms with van der Waals surface area (Å²) < 4.78 is 0. The van der Waals surface area contributed by atoms with Gasteiger partial charge in [0.05, 0.1) is 16.3 Å². The zero-order valence-corrected chi connectivity index (χ0v) is 15.6. The predicted molar refractivity (Wildman–Crippen MR) is 110 cm³/mol. The first kappa shape index (κ1) is 17.5. The number of rotatable bonds is 3. The first-order chi connectivity index (χ1) is 13.1. The molecule has 134 valence electrons. The summed E-state index contributed by atoms with van der Waals surface area (Å²) in [5.41, 5.74) is 5.15. The van der Waals surface area contributed by atoms with E-state index in [9.17, 15) is 10.1 Å². The van der Waals surface area contributed by atoms with Gasteiger partial charge in [-0.1, -0.05) is 54.1 Å². The van der Waals surface area contributed by atoms with Crippen LogP contribution in [0.15, 0.2) is 82.7 Å². The van der Waals surface area contributed by atoms with Crippen molar-refractivity contribution >= 4 is 28.8 Å². The zero-order valence-electron chi connectivity index (χ0n) is 14.8. The van der Waals surface area contributed by atoms with Crippen molar-refractivity contribution in [2.45, 2.75) is 23.5 Å². The van der Waals surface area contributed by atoms with Crippen LogP contribution in [-0.2, 0) is 0 Å². The van der Waals surface area contributed by atoms with Gasteiger partial charge < -0.3 is 0 Å². The lowest BCUT2D eigenvalue weighted by molar-refractivity contribution is -0.384. The van der Waals surface area contributed by atoms with E-state index in [0.717, 1.165) is 21.9 Å². The second kappa shape index (κ2) is 7.37. The summed E-state index contributed by atoms with van der Waals surface area (Å²) in [6.45, 7) is 2.08. The van der Waals surface area contributed by atoms with E-state index in [4.69, 9.17) is 4.99 Å². The molecule has 1 aliphatic heterocycles. The maximum Gasteiger partial charge on any atom is 0.270 e. The van der Waals surface area contributed by atoms with E-state index in [1.165, 1.54) is 17.2 Å². The van der Waals surface area contributed by atoms with Crippen molar-refractivity contribution in [2.24, 2.45) is 4.99 Å². The maximum atomic E-state index is 11.2. The molecule has 0 saturated heterocycles. The maximum absolute atomic E-state index is 11.2. The summed E-state index contributed by atoms with van der Waals surface area (Å²) in [4.78, 5) is 16.8. The van der Waals surface area contributed by atoms with Crippen LogP contribution in [0.2, 0.25) is 0 Å². The third-order valence-electron chi connectivity index (χ3n) is 4.61. The number of hydrogen-bond acceptors (Lipinski definition) is 4. The molecule has 3 aromatic carbocycles. The smallest absolute Gasteiger partial charge is 0.258 e. The number of fused-ring (bicyclic) bond motifs is 1. The number of para-hydroxylation sites is 1. The predicted octanol–water partition coefficient (Wildman–Crippen LogP) is 6.26. The molecule has 1 heterocycles. The van der Waals surface area contributed by atoms with Crippen LogP contribution in [0.25, 0.3) is 0 Å². The Morgan fingerprint density at radius 3 is 2.59 bits per heavy atom. The Morgan fingerprint density at radius 1 is 1.04 bits per heavy atom. The highest BCUT2D eigenvalue weighted by atomic mass is 32.2. The summed E-state index contributed by atoms with van der Waals surface area (Å²) in [5.74, 6) is 0. The van der Waals surface area contributed by atoms with Gasteiger partial charge in [0.1, 0.15) is 0 Å². The van der Waals surface area contributed by atoms with E-state index in [0.29, 0.717) is 6.42 Å². The van der Waals surface area contributed by atoms with Crippen LogP contribution in [0, 0.1) is 17.0 Å². The highest BCUT2D eigenvalue weighted by Gasteiger charge is 2.23. The number of thioether (sulfide) groups is 1. The molecule has 4 rings (SSSR count). The van der Waals surface area contributed by atoms with E-state index in [2.05, 4.69) is 37.3 Å². The summed E-state index contributed by atoms with van der Waals surface area (Å²) in [7, 11) is 0. The number of nitrogens with zero attached hydrogens (tertiary/aromatic N) is 2. The van der Waals surface area contributed by atoms with E-state index in [1.54, 1.807) is 23.9 Å². The van der Waals surface area contributed by atoms with Crippen LogP contribution in [0.3, 0.4) is 0 Å². The second-order valence-corrected chi connectivity index (χ2v) is 7.80. The van der Waals surface area contributed by atoms with E-state index >= 15 is 0 Å². The molecule has 0 amide bonds. The fourth-order valence-corrected chi connectivity index (χ4v) is 4.39. The Morgan fingerprint density at radius 2 is 1.81 bits per heavy atom. The average molecular weight is 374 g/mol. The number of hydrogen-bond donors (Lipinski definition) is 0. The Labute approximate surface area is 162 Å². The van der Waals surface area contributed by atoms with Gasteiger partial charge >= 0.3 is 0 Å². The topological polar surface area (TPSA) is 55.5 Å². The van der Waals surface area contributed by atoms with E-state index in [-0.39, 0.29) is 15.9 Å². The summed E-state index contributed by atoms with van der Waals surface area (Å²) in [6, 6.07) is 23.4. The largest absolute Gasteiger partial charge is 0.270 e. The molecular weight excluding hydrogens is 356 g/mol. The number of aryl methyl sites for hydroxylation is 1. The number of nitro groups is 1. The molecule has 0 saturated carbocycles. The van der Waals surface area contributed by atoms with Crippen molar-refractivity contribution in [1.29, 1.82) is 0 Å². The van der Waals surface area contributed by atoms with Gasteiger partial charge in [-0.25, -0.2) is 0 Å². The lowest BCUT2D eigenvalue weighted by Gasteiger charge is -2.16. The van der Waals surface area contributed by atoms with Crippen molar-refractivity contribution in [3.05, 3.63) is 99.6 Å². The van der Waals surface area contributed by atoms with Gasteiger partial charge in [-0.15, -0.1) is 11.8 Å². The minimum absolute atomic E-state index is 0.0901. The van der Waals surface area contributed by atoms with Gasteiger partial charge in [-0.3, -0.25) is 15.1 Å². The third-order valence-corrected chi connectivity index (χ3v) is 5.93. The van der Waals surface area contributed by atoms with Crippen molar-refractivity contribution in [1.82, 2.24) is 0 Å². The van der Waals surface area contributed by atoms with Crippen LogP contribution < -0.4 is 0 Å². The van der Waals surface area contributed by atoms with Gasteiger partial charge in [0.25, 0.3) is 5.69 Å². The van der Waals surface area contributed by atoms with Crippen LogP contribution in [0.5, 0.6) is 0 Å². The molecule has 27 heavy (non-hydrogen) atoms. The molecule has 3 aromatic rings. The minimum Gasteiger partial charge on any atom is -0.258 e. The number of non-ortho nitro benzene ring substituents is 1. The normalized spacial score (nSPS) is 16.2. The molecule has 0 spiro atoms. The minimum atomic E-state index is -0.360. The Hall–Kier alpha value is -2.92. The molecule has 1 aliphatic rings. The molecule has 0 bridgehead atoms. The first-order valence-corrected chi connectivity index (χ1v) is 9.63. The lowest BCUT2D eigenvalue weighted by atomic mass is 10.00. The molecule has 0 N–H and O–H groups in total. The van der Waals surface area contributed by atoms with Gasteiger partial charge in [0.15, 0.2) is 0 Å². The number of benzene rings is 3. The van der Waals surface area contributed by atoms with Crippen LogP contribution >= 0.6 is 11.8 Å². The highest BCUT2D eigenvalue weighted by molar-refractivity contribution is 7.99. The second-order valence-electron chi connectivity index (χ2n) is 6.55. The van der Waals surface area contributed by atoms with Crippen LogP contribution in [0.4, 0.5) is 11.4 Å². The number of aliphatic imine (C=N–C) groups is 1. The quantitative estimate of drug-likeness (QED) is 0.401. The van der Waals surface area contributed by atoms with Crippen molar-refractivity contribution < 1.29 is 4.92 Å². The molecule has 1 atom stereocenters. The molecule has 0 unspecified atom stereocenters. The van der Waals surface area contributed by atoms with Gasteiger partial charge in [0, 0.05) is 34.3 Å². The summed E-state index contributed by atoms with van der Waals surface area (Å²) in [6.07, 6.45) is 0.712. The highest BCUT2D eigenvalue weighted by Crippen LogP contribution is 2.45. The molecule has 5 heteroatoms. The van der Waals surface area contributed by atoms with E-state index in [1.807, 2.05) is 24.3 Å². The van der Waals surface area contributed by atoms with Crippen molar-refractivity contribution in [3.8, 4) is 0 Å². The van der Waals surface area contributed by atoms with Gasteiger partial charge in [-0.05, 0) is 24.6 Å². The monoisotopic (exact) mass is 374 g/mol. The van der Waals surface area contributed by atoms with Crippen LogP contribution in [0.1, 0.15) is 28.4 Å². The number of nitro benzene ring substituents is 1. The van der Waals surface area contributed by atoms with Crippen molar-refractivity contribution in [2.75, 3.05) is 0 Å². The summed E-state index contributed by atoms with van der Waals surface area (Å²) in [5, 5.41) is 11.4. The first-order valence-electron chi connectivity index (χ1n) is 8.75.